The Hall–Kier alpha value is -1.82. The molecular weight excluding hydrogens is 229 g/mol. The Morgan fingerprint density at radius 1 is 1.47 bits per heavy atom. The number of hydrogen-bond donors (Lipinski definition) is 2. The van der Waals surface area contributed by atoms with Gasteiger partial charge in [0.2, 0.25) is 0 Å². The van der Waals surface area contributed by atoms with E-state index in [1.165, 1.54) is 26.4 Å². The van der Waals surface area contributed by atoms with Gasteiger partial charge in [-0.15, -0.1) is 0 Å². The molecule has 0 aliphatic carbocycles. The lowest BCUT2D eigenvalue weighted by molar-refractivity contribution is -0.138. The fourth-order valence-electron chi connectivity index (χ4n) is 1.46. The Morgan fingerprint density at radius 3 is 2.59 bits per heavy atom. The second-order valence-corrected chi connectivity index (χ2v) is 3.41. The molecule has 0 aromatic heterocycles. The maximum Gasteiger partial charge on any atom is 0.320 e. The lowest BCUT2D eigenvalue weighted by Gasteiger charge is -2.14. The molecule has 0 bridgehead atoms. The summed E-state index contributed by atoms with van der Waals surface area (Å²) >= 11 is 0. The van der Waals surface area contributed by atoms with Crippen LogP contribution < -0.4 is 15.2 Å². The van der Waals surface area contributed by atoms with Crippen molar-refractivity contribution >= 4 is 5.97 Å². The van der Waals surface area contributed by atoms with Gasteiger partial charge in [-0.3, -0.25) is 4.79 Å². The lowest BCUT2D eigenvalue weighted by atomic mass is 10.0. The van der Waals surface area contributed by atoms with Crippen LogP contribution in [0.3, 0.4) is 0 Å². The van der Waals surface area contributed by atoms with Gasteiger partial charge in [0.15, 0.2) is 11.5 Å². The summed E-state index contributed by atoms with van der Waals surface area (Å²) < 4.78 is 23.6. The molecule has 0 radical (unpaired) electrons. The fourth-order valence-corrected chi connectivity index (χ4v) is 1.46. The second-order valence-electron chi connectivity index (χ2n) is 3.41. The minimum Gasteiger partial charge on any atom is -0.493 e. The molecule has 0 aliphatic rings. The number of benzene rings is 1. The summed E-state index contributed by atoms with van der Waals surface area (Å²) in [6, 6.07) is 1.40. The van der Waals surface area contributed by atoms with Crippen LogP contribution in [0.15, 0.2) is 12.1 Å². The predicted molar refractivity (Wildman–Crippen MR) is 58.8 cm³/mol. The molecule has 0 amide bonds. The van der Waals surface area contributed by atoms with Crippen LogP contribution in [-0.2, 0) is 11.2 Å². The van der Waals surface area contributed by atoms with Crippen LogP contribution in [0.2, 0.25) is 0 Å². The van der Waals surface area contributed by atoms with E-state index >= 15 is 0 Å². The summed E-state index contributed by atoms with van der Waals surface area (Å²) in [5.41, 5.74) is 5.47. The van der Waals surface area contributed by atoms with Crippen LogP contribution in [0, 0.1) is 5.82 Å². The molecule has 0 aliphatic heterocycles. The minimum absolute atomic E-state index is 0.0988. The summed E-state index contributed by atoms with van der Waals surface area (Å²) in [5.74, 6) is -1.26. The Balaban J connectivity index is 3.16. The third kappa shape index (κ3) is 2.85. The highest BCUT2D eigenvalue weighted by atomic mass is 19.1. The van der Waals surface area contributed by atoms with Crippen LogP contribution in [0.25, 0.3) is 0 Å². The molecule has 1 aromatic rings. The molecule has 3 N–H and O–H groups in total. The number of aliphatic carboxylic acids is 1. The van der Waals surface area contributed by atoms with E-state index in [2.05, 4.69) is 0 Å². The van der Waals surface area contributed by atoms with Crippen molar-refractivity contribution < 1.29 is 23.8 Å². The van der Waals surface area contributed by atoms with Crippen molar-refractivity contribution in [1.29, 1.82) is 0 Å². The number of methoxy groups -OCH3 is 2. The summed E-state index contributed by atoms with van der Waals surface area (Å²) in [5, 5.41) is 8.70. The summed E-state index contributed by atoms with van der Waals surface area (Å²) in [6.07, 6.45) is -0.165. The Morgan fingerprint density at radius 2 is 2.12 bits per heavy atom. The maximum absolute atomic E-state index is 13.6. The van der Waals surface area contributed by atoms with Crippen LogP contribution in [0.1, 0.15) is 5.56 Å². The first-order chi connectivity index (χ1) is 8.01. The first kappa shape index (κ1) is 13.2. The van der Waals surface area contributed by atoms with Gasteiger partial charge < -0.3 is 20.3 Å². The number of halogens is 1. The van der Waals surface area contributed by atoms with Crippen molar-refractivity contribution in [2.75, 3.05) is 14.2 Å². The van der Waals surface area contributed by atoms with E-state index in [0.717, 1.165) is 0 Å². The quantitative estimate of drug-likeness (QED) is 0.799. The molecule has 1 unspecified atom stereocenters. The van der Waals surface area contributed by atoms with E-state index < -0.39 is 17.8 Å². The smallest absolute Gasteiger partial charge is 0.320 e. The molecule has 1 aromatic carbocycles. The SMILES string of the molecule is COc1ccc(F)c(CC(N)C(=O)O)c1OC. The summed E-state index contributed by atoms with van der Waals surface area (Å²) in [7, 11) is 2.77. The van der Waals surface area contributed by atoms with Gasteiger partial charge in [-0.2, -0.15) is 0 Å². The molecule has 0 heterocycles. The van der Waals surface area contributed by atoms with E-state index in [-0.39, 0.29) is 17.7 Å². The number of nitrogens with two attached hydrogens (primary N) is 1. The van der Waals surface area contributed by atoms with Gasteiger partial charge in [0, 0.05) is 12.0 Å². The Labute approximate surface area is 97.9 Å². The number of carbonyl (C=O) groups is 1. The normalized spacial score (nSPS) is 12.0. The standard InChI is InChI=1S/C11H14FNO4/c1-16-9-4-3-7(12)6(10(9)17-2)5-8(13)11(14)15/h3-4,8H,5,13H2,1-2H3,(H,14,15). The topological polar surface area (TPSA) is 81.8 Å². The predicted octanol–water partition coefficient (Wildman–Crippen LogP) is 0.797. The Bertz CT molecular complexity index is 422. The second kappa shape index (κ2) is 5.49. The van der Waals surface area contributed by atoms with Gasteiger partial charge in [-0.25, -0.2) is 4.39 Å². The first-order valence-corrected chi connectivity index (χ1v) is 4.89. The molecule has 17 heavy (non-hydrogen) atoms. The van der Waals surface area contributed by atoms with Crippen LogP contribution >= 0.6 is 0 Å². The van der Waals surface area contributed by atoms with Crippen molar-refractivity contribution in [2.45, 2.75) is 12.5 Å². The Kier molecular flexibility index (Phi) is 4.28. The highest BCUT2D eigenvalue weighted by Crippen LogP contribution is 2.33. The molecule has 5 nitrogen and oxygen atoms in total. The van der Waals surface area contributed by atoms with Gasteiger partial charge in [-0.1, -0.05) is 0 Å². The minimum atomic E-state index is -1.20. The van der Waals surface area contributed by atoms with E-state index in [1.54, 1.807) is 0 Å². The largest absolute Gasteiger partial charge is 0.493 e. The number of ether oxygens (including phenoxy) is 2. The van der Waals surface area contributed by atoms with Gasteiger partial charge in [-0.05, 0) is 12.1 Å². The molecule has 0 saturated carbocycles. The zero-order valence-electron chi connectivity index (χ0n) is 9.57. The average molecular weight is 243 g/mol. The third-order valence-electron chi connectivity index (χ3n) is 2.33. The average Bonchev–Trinajstić information content (AvgIpc) is 2.31. The lowest BCUT2D eigenvalue weighted by Crippen LogP contribution is -2.32. The van der Waals surface area contributed by atoms with Crippen molar-refractivity contribution in [3.05, 3.63) is 23.5 Å². The van der Waals surface area contributed by atoms with E-state index in [4.69, 9.17) is 20.3 Å². The molecule has 0 fully saturated rings. The number of carboxylic acid groups (broad SMARTS) is 1. The van der Waals surface area contributed by atoms with E-state index in [1.807, 2.05) is 0 Å². The monoisotopic (exact) mass is 243 g/mol. The van der Waals surface area contributed by atoms with Gasteiger partial charge in [0.05, 0.1) is 14.2 Å². The first-order valence-electron chi connectivity index (χ1n) is 4.89. The molecule has 1 atom stereocenters. The molecule has 0 saturated heterocycles. The fraction of sp³-hybridized carbons (Fsp3) is 0.364. The maximum atomic E-state index is 13.6. The van der Waals surface area contributed by atoms with Crippen molar-refractivity contribution in [3.8, 4) is 11.5 Å². The van der Waals surface area contributed by atoms with Crippen molar-refractivity contribution in [1.82, 2.24) is 0 Å². The number of carboxylic acids is 1. The molecule has 0 spiro atoms. The highest BCUT2D eigenvalue weighted by Gasteiger charge is 2.21. The van der Waals surface area contributed by atoms with Gasteiger partial charge in [0.1, 0.15) is 11.9 Å². The number of rotatable bonds is 5. The van der Waals surface area contributed by atoms with E-state index in [9.17, 15) is 9.18 Å². The van der Waals surface area contributed by atoms with Crippen LogP contribution in [-0.4, -0.2) is 31.3 Å². The zero-order chi connectivity index (χ0) is 13.0. The van der Waals surface area contributed by atoms with E-state index in [0.29, 0.717) is 5.75 Å². The molecule has 1 rings (SSSR count). The number of hydrogen-bond acceptors (Lipinski definition) is 4. The zero-order valence-corrected chi connectivity index (χ0v) is 9.57. The summed E-state index contributed by atoms with van der Waals surface area (Å²) in [4.78, 5) is 10.6. The summed E-state index contributed by atoms with van der Waals surface area (Å²) in [6.45, 7) is 0. The van der Waals surface area contributed by atoms with Crippen molar-refractivity contribution in [2.24, 2.45) is 5.73 Å². The highest BCUT2D eigenvalue weighted by molar-refractivity contribution is 5.73. The molecular formula is C11H14FNO4. The van der Waals surface area contributed by atoms with Crippen molar-refractivity contribution in [3.63, 3.8) is 0 Å². The third-order valence-corrected chi connectivity index (χ3v) is 2.33. The molecule has 6 heteroatoms. The van der Waals surface area contributed by atoms with Gasteiger partial charge in [0.25, 0.3) is 0 Å². The van der Waals surface area contributed by atoms with Gasteiger partial charge >= 0.3 is 5.97 Å². The van der Waals surface area contributed by atoms with Crippen LogP contribution in [0.4, 0.5) is 4.39 Å². The van der Waals surface area contributed by atoms with Crippen LogP contribution in [0.5, 0.6) is 11.5 Å². The molecule has 94 valence electrons.